The number of carbonyl (C=O) groups is 1. The lowest BCUT2D eigenvalue weighted by Crippen LogP contribution is -2.38. The molecule has 9 nitrogen and oxygen atoms in total. The van der Waals surface area contributed by atoms with Gasteiger partial charge in [-0.1, -0.05) is 36.4 Å². The van der Waals surface area contributed by atoms with E-state index < -0.39 is 15.9 Å². The van der Waals surface area contributed by atoms with E-state index in [0.717, 1.165) is 15.4 Å². The molecule has 0 radical (unpaired) electrons. The van der Waals surface area contributed by atoms with Crippen molar-refractivity contribution in [2.45, 2.75) is 18.0 Å². The van der Waals surface area contributed by atoms with Crippen LogP contribution in [0.4, 0.5) is 0 Å². The zero-order valence-electron chi connectivity index (χ0n) is 16.3. The molecule has 0 fully saturated rings. The van der Waals surface area contributed by atoms with Crippen molar-refractivity contribution in [2.75, 3.05) is 13.6 Å². The molecule has 3 aromatic rings. The van der Waals surface area contributed by atoms with Gasteiger partial charge in [0.2, 0.25) is 15.9 Å². The van der Waals surface area contributed by atoms with Gasteiger partial charge in [0, 0.05) is 13.6 Å². The number of sulfonamides is 1. The highest BCUT2D eigenvalue weighted by Gasteiger charge is 2.25. The average Bonchev–Trinajstić information content (AvgIpc) is 3.26. The predicted octanol–water partition coefficient (Wildman–Crippen LogP) is 1.13. The SMILES string of the molecule is CN(CC(=O)NCc1ccc(Cn2cncn2)cc1)S(=O)(=O)c1ccccc1C#N. The molecule has 30 heavy (non-hydrogen) atoms. The Morgan fingerprint density at radius 3 is 2.53 bits per heavy atom. The molecule has 0 bridgehead atoms. The van der Waals surface area contributed by atoms with Crippen LogP contribution in [0.1, 0.15) is 16.7 Å². The zero-order valence-corrected chi connectivity index (χ0v) is 17.1. The third-order valence-electron chi connectivity index (χ3n) is 4.39. The number of rotatable bonds is 8. The van der Waals surface area contributed by atoms with Gasteiger partial charge < -0.3 is 5.32 Å². The van der Waals surface area contributed by atoms with Crippen LogP contribution >= 0.6 is 0 Å². The summed E-state index contributed by atoms with van der Waals surface area (Å²) in [6, 6.07) is 15.4. The number of aromatic nitrogens is 3. The lowest BCUT2D eigenvalue weighted by atomic mass is 10.1. The second-order valence-corrected chi connectivity index (χ2v) is 8.57. The molecule has 0 saturated heterocycles. The first kappa shape index (κ1) is 21.2. The number of hydrogen-bond donors (Lipinski definition) is 1. The summed E-state index contributed by atoms with van der Waals surface area (Å²) in [7, 11) is -2.65. The van der Waals surface area contributed by atoms with Crippen LogP contribution in [0.3, 0.4) is 0 Å². The molecule has 0 atom stereocenters. The van der Waals surface area contributed by atoms with Gasteiger partial charge in [0.15, 0.2) is 0 Å². The van der Waals surface area contributed by atoms with Gasteiger partial charge in [0.05, 0.1) is 23.5 Å². The summed E-state index contributed by atoms with van der Waals surface area (Å²) in [5.74, 6) is -0.442. The van der Waals surface area contributed by atoms with Crippen LogP contribution in [0.5, 0.6) is 0 Å². The summed E-state index contributed by atoms with van der Waals surface area (Å²) in [5.41, 5.74) is 1.96. The Hall–Kier alpha value is -3.55. The van der Waals surface area contributed by atoms with Crippen molar-refractivity contribution in [3.05, 3.63) is 77.9 Å². The molecule has 3 rings (SSSR count). The van der Waals surface area contributed by atoms with Crippen LogP contribution in [0.15, 0.2) is 66.1 Å². The zero-order chi connectivity index (χ0) is 21.6. The Morgan fingerprint density at radius 2 is 1.87 bits per heavy atom. The van der Waals surface area contributed by atoms with E-state index in [1.54, 1.807) is 17.1 Å². The summed E-state index contributed by atoms with van der Waals surface area (Å²) in [5, 5.41) is 15.9. The normalized spacial score (nSPS) is 11.2. The number of carbonyl (C=O) groups excluding carboxylic acids is 1. The Labute approximate surface area is 174 Å². The summed E-state index contributed by atoms with van der Waals surface area (Å²) in [6.07, 6.45) is 3.10. The molecular formula is C20H20N6O3S. The van der Waals surface area contributed by atoms with Gasteiger partial charge >= 0.3 is 0 Å². The molecule has 0 saturated carbocycles. The molecule has 1 amide bonds. The Morgan fingerprint density at radius 1 is 1.17 bits per heavy atom. The third-order valence-corrected chi connectivity index (χ3v) is 6.25. The number of nitrogens with zero attached hydrogens (tertiary/aromatic N) is 5. The molecule has 0 aliphatic rings. The fourth-order valence-corrected chi connectivity index (χ4v) is 4.02. The highest BCUT2D eigenvalue weighted by atomic mass is 32.2. The average molecular weight is 424 g/mol. The van der Waals surface area contributed by atoms with E-state index in [2.05, 4.69) is 15.4 Å². The maximum Gasteiger partial charge on any atom is 0.244 e. The third kappa shape index (κ3) is 5.08. The van der Waals surface area contributed by atoms with Crippen LogP contribution in [0, 0.1) is 11.3 Å². The monoisotopic (exact) mass is 424 g/mol. The fourth-order valence-electron chi connectivity index (χ4n) is 2.76. The molecule has 0 unspecified atom stereocenters. The molecule has 0 aliphatic carbocycles. The van der Waals surface area contributed by atoms with Gasteiger partial charge in [0.25, 0.3) is 0 Å². The number of nitrogens with one attached hydrogen (secondary N) is 1. The minimum atomic E-state index is -3.95. The van der Waals surface area contributed by atoms with Crippen molar-refractivity contribution in [1.29, 1.82) is 5.26 Å². The van der Waals surface area contributed by atoms with Crippen molar-refractivity contribution in [1.82, 2.24) is 24.4 Å². The van der Waals surface area contributed by atoms with Crippen LogP contribution in [0.25, 0.3) is 0 Å². The summed E-state index contributed by atoms with van der Waals surface area (Å²) >= 11 is 0. The first-order valence-corrected chi connectivity index (χ1v) is 10.5. The maximum absolute atomic E-state index is 12.7. The topological polar surface area (TPSA) is 121 Å². The lowest BCUT2D eigenvalue weighted by Gasteiger charge is -2.17. The van der Waals surface area contributed by atoms with Crippen molar-refractivity contribution < 1.29 is 13.2 Å². The van der Waals surface area contributed by atoms with E-state index >= 15 is 0 Å². The summed E-state index contributed by atoms with van der Waals surface area (Å²) in [6.45, 7) is 0.511. The summed E-state index contributed by atoms with van der Waals surface area (Å²) in [4.78, 5) is 16.0. The van der Waals surface area contributed by atoms with Gasteiger partial charge in [-0.15, -0.1) is 0 Å². The highest BCUT2D eigenvalue weighted by molar-refractivity contribution is 7.89. The molecule has 1 heterocycles. The van der Waals surface area contributed by atoms with E-state index in [1.807, 2.05) is 30.3 Å². The highest BCUT2D eigenvalue weighted by Crippen LogP contribution is 2.18. The van der Waals surface area contributed by atoms with Crippen molar-refractivity contribution in [2.24, 2.45) is 0 Å². The lowest BCUT2D eigenvalue weighted by molar-refractivity contribution is -0.121. The minimum absolute atomic E-state index is 0.0377. The first-order chi connectivity index (χ1) is 14.4. The van der Waals surface area contributed by atoms with E-state index in [1.165, 1.54) is 31.6 Å². The number of amides is 1. The molecular weight excluding hydrogens is 404 g/mol. The molecule has 154 valence electrons. The quantitative estimate of drug-likeness (QED) is 0.579. The molecule has 0 aliphatic heterocycles. The Balaban J connectivity index is 1.55. The second kappa shape index (κ2) is 9.30. The smallest absolute Gasteiger partial charge is 0.244 e. The standard InChI is InChI=1S/C20H20N6O3S/c1-25(30(28,29)19-5-3-2-4-18(19)10-21)13-20(27)23-11-16-6-8-17(9-7-16)12-26-15-22-14-24-26/h2-9,14-15H,11-13H2,1H3,(H,23,27). The van der Waals surface area contributed by atoms with Crippen molar-refractivity contribution >= 4 is 15.9 Å². The largest absolute Gasteiger partial charge is 0.351 e. The van der Waals surface area contributed by atoms with Gasteiger partial charge in [-0.05, 0) is 23.3 Å². The molecule has 10 heteroatoms. The molecule has 2 aromatic carbocycles. The van der Waals surface area contributed by atoms with Crippen LogP contribution in [-0.4, -0.2) is 47.0 Å². The molecule has 1 N–H and O–H groups in total. The van der Waals surface area contributed by atoms with E-state index in [9.17, 15) is 13.2 Å². The first-order valence-electron chi connectivity index (χ1n) is 9.02. The number of likely N-dealkylation sites (N-methyl/N-ethyl adjacent to an activating group) is 1. The van der Waals surface area contributed by atoms with Gasteiger partial charge in [0.1, 0.15) is 18.7 Å². The van der Waals surface area contributed by atoms with Crippen LogP contribution in [-0.2, 0) is 27.9 Å². The number of hydrogen-bond acceptors (Lipinski definition) is 6. The van der Waals surface area contributed by atoms with E-state index in [0.29, 0.717) is 6.54 Å². The maximum atomic E-state index is 12.7. The van der Waals surface area contributed by atoms with Gasteiger partial charge in [-0.2, -0.15) is 14.7 Å². The van der Waals surface area contributed by atoms with E-state index in [-0.39, 0.29) is 23.5 Å². The predicted molar refractivity (Wildman–Crippen MR) is 108 cm³/mol. The Bertz CT molecular complexity index is 1150. The van der Waals surface area contributed by atoms with Crippen molar-refractivity contribution in [3.8, 4) is 6.07 Å². The van der Waals surface area contributed by atoms with Gasteiger partial charge in [-0.25, -0.2) is 18.1 Å². The molecule has 0 spiro atoms. The van der Waals surface area contributed by atoms with Crippen LogP contribution in [0.2, 0.25) is 0 Å². The van der Waals surface area contributed by atoms with Crippen LogP contribution < -0.4 is 5.32 Å². The van der Waals surface area contributed by atoms with Gasteiger partial charge in [-0.3, -0.25) is 4.79 Å². The fraction of sp³-hybridized carbons (Fsp3) is 0.200. The summed E-state index contributed by atoms with van der Waals surface area (Å²) < 4.78 is 28.0. The minimum Gasteiger partial charge on any atom is -0.351 e. The van der Waals surface area contributed by atoms with Crippen molar-refractivity contribution in [3.63, 3.8) is 0 Å². The number of benzene rings is 2. The number of nitriles is 1. The second-order valence-electron chi connectivity index (χ2n) is 6.56. The Kier molecular flexibility index (Phi) is 6.56. The van der Waals surface area contributed by atoms with E-state index in [4.69, 9.17) is 5.26 Å². The molecule has 1 aromatic heterocycles.